The third-order valence-electron chi connectivity index (χ3n) is 2.50. The van der Waals surface area contributed by atoms with Crippen LogP contribution in [0.4, 0.5) is 4.79 Å². The van der Waals surface area contributed by atoms with E-state index >= 15 is 0 Å². The summed E-state index contributed by atoms with van der Waals surface area (Å²) in [5, 5.41) is -0.639. The summed E-state index contributed by atoms with van der Waals surface area (Å²) in [5.74, 6) is 1.63. The monoisotopic (exact) mass is 219 g/mol. The minimum atomic E-state index is -0.639. The molecule has 0 bridgehead atoms. The van der Waals surface area contributed by atoms with Crippen molar-refractivity contribution in [3.8, 4) is 0 Å². The standard InChI is InChI=1S/C10H22.CH3NOS/c1-8(2)7-10(5,6)9(3)4;2-1(3)4/h8-9H,7H2,1-6H3;(H3,2,3,4). The maximum absolute atomic E-state index is 9.09. The predicted octanol–water partition coefficient (Wildman–Crippen LogP) is 3.71. The molecule has 0 saturated carbocycles. The summed E-state index contributed by atoms with van der Waals surface area (Å²) in [5.41, 5.74) is 4.86. The van der Waals surface area contributed by atoms with Crippen molar-refractivity contribution < 1.29 is 4.79 Å². The first-order valence-electron chi connectivity index (χ1n) is 5.08. The van der Waals surface area contributed by atoms with Gasteiger partial charge in [0.2, 0.25) is 0 Å². The van der Waals surface area contributed by atoms with Gasteiger partial charge in [0.05, 0.1) is 0 Å². The molecule has 3 heteroatoms. The Morgan fingerprint density at radius 1 is 1.29 bits per heavy atom. The molecule has 0 radical (unpaired) electrons. The molecule has 14 heavy (non-hydrogen) atoms. The summed E-state index contributed by atoms with van der Waals surface area (Å²) in [6, 6.07) is 0. The molecule has 2 nitrogen and oxygen atoms in total. The molecule has 0 aromatic carbocycles. The molecule has 1 amide bonds. The van der Waals surface area contributed by atoms with Gasteiger partial charge in [-0.25, -0.2) is 0 Å². The van der Waals surface area contributed by atoms with Crippen LogP contribution in [-0.2, 0) is 0 Å². The molecule has 0 atom stereocenters. The van der Waals surface area contributed by atoms with Crippen LogP contribution in [0.2, 0.25) is 0 Å². The highest BCUT2D eigenvalue weighted by atomic mass is 32.1. The van der Waals surface area contributed by atoms with E-state index < -0.39 is 5.24 Å². The van der Waals surface area contributed by atoms with E-state index in [1.807, 2.05) is 0 Å². The maximum atomic E-state index is 9.09. The SMILES string of the molecule is CC(C)CC(C)(C)C(C)C.NC(=O)S. The normalized spacial score (nSPS) is 11.2. The van der Waals surface area contributed by atoms with Gasteiger partial charge in [-0.3, -0.25) is 4.79 Å². The van der Waals surface area contributed by atoms with Crippen molar-refractivity contribution in [3.63, 3.8) is 0 Å². The Bertz CT molecular complexity index is 161. The summed E-state index contributed by atoms with van der Waals surface area (Å²) in [4.78, 5) is 9.09. The van der Waals surface area contributed by atoms with E-state index in [2.05, 4.69) is 59.9 Å². The van der Waals surface area contributed by atoms with Crippen molar-refractivity contribution in [2.75, 3.05) is 0 Å². The summed E-state index contributed by atoms with van der Waals surface area (Å²) < 4.78 is 0. The van der Waals surface area contributed by atoms with E-state index in [1.165, 1.54) is 6.42 Å². The van der Waals surface area contributed by atoms with E-state index in [0.717, 1.165) is 11.8 Å². The van der Waals surface area contributed by atoms with Crippen molar-refractivity contribution in [2.24, 2.45) is 23.0 Å². The molecule has 0 spiro atoms. The first-order chi connectivity index (χ1) is 6.09. The number of rotatable bonds is 3. The van der Waals surface area contributed by atoms with Gasteiger partial charge in [-0.2, -0.15) is 0 Å². The van der Waals surface area contributed by atoms with Gasteiger partial charge in [0, 0.05) is 0 Å². The Balaban J connectivity index is 0. The van der Waals surface area contributed by atoms with Crippen molar-refractivity contribution in [2.45, 2.75) is 48.0 Å². The summed E-state index contributed by atoms with van der Waals surface area (Å²) >= 11 is 3.10. The highest BCUT2D eigenvalue weighted by Crippen LogP contribution is 2.32. The molecule has 0 heterocycles. The van der Waals surface area contributed by atoms with E-state index in [9.17, 15) is 0 Å². The zero-order valence-electron chi connectivity index (χ0n) is 10.3. The average molecular weight is 219 g/mol. The van der Waals surface area contributed by atoms with E-state index in [1.54, 1.807) is 0 Å². The second-order valence-electron chi connectivity index (χ2n) is 5.08. The minimum Gasteiger partial charge on any atom is -0.361 e. The second-order valence-corrected chi connectivity index (χ2v) is 5.52. The number of carbonyl (C=O) groups is 1. The summed E-state index contributed by atoms with van der Waals surface area (Å²) in [7, 11) is 0. The molecule has 0 aromatic heterocycles. The fourth-order valence-corrected chi connectivity index (χ4v) is 1.29. The third-order valence-corrected chi connectivity index (χ3v) is 2.50. The van der Waals surface area contributed by atoms with Gasteiger partial charge in [0.15, 0.2) is 0 Å². The lowest BCUT2D eigenvalue weighted by Crippen LogP contribution is -2.21. The van der Waals surface area contributed by atoms with Crippen LogP contribution in [0, 0.1) is 17.3 Å². The van der Waals surface area contributed by atoms with Crippen molar-refractivity contribution >= 4 is 17.9 Å². The van der Waals surface area contributed by atoms with Crippen LogP contribution < -0.4 is 5.73 Å². The van der Waals surface area contributed by atoms with Crippen molar-refractivity contribution in [1.82, 2.24) is 0 Å². The molecule has 0 fully saturated rings. The highest BCUT2D eigenvalue weighted by molar-refractivity contribution is 7.96. The number of carbonyl (C=O) groups excluding carboxylic acids is 1. The first kappa shape index (κ1) is 16.3. The Morgan fingerprint density at radius 2 is 1.57 bits per heavy atom. The van der Waals surface area contributed by atoms with Gasteiger partial charge >= 0.3 is 0 Å². The van der Waals surface area contributed by atoms with Crippen LogP contribution in [0.3, 0.4) is 0 Å². The van der Waals surface area contributed by atoms with Gasteiger partial charge in [-0.1, -0.05) is 54.2 Å². The first-order valence-corrected chi connectivity index (χ1v) is 5.52. The summed E-state index contributed by atoms with van der Waals surface area (Å²) in [6.45, 7) is 13.9. The van der Waals surface area contributed by atoms with E-state index in [0.29, 0.717) is 5.41 Å². The Hall–Kier alpha value is -0.180. The fraction of sp³-hybridized carbons (Fsp3) is 0.909. The van der Waals surface area contributed by atoms with Gasteiger partial charge in [-0.15, -0.1) is 0 Å². The van der Waals surface area contributed by atoms with Gasteiger partial charge < -0.3 is 5.73 Å². The van der Waals surface area contributed by atoms with Crippen molar-refractivity contribution in [1.29, 1.82) is 0 Å². The average Bonchev–Trinajstić information content (AvgIpc) is 1.81. The Morgan fingerprint density at radius 3 is 1.64 bits per heavy atom. The topological polar surface area (TPSA) is 43.1 Å². The molecule has 0 saturated heterocycles. The van der Waals surface area contributed by atoms with Crippen LogP contribution >= 0.6 is 12.6 Å². The lowest BCUT2D eigenvalue weighted by molar-refractivity contribution is 0.200. The van der Waals surface area contributed by atoms with Gasteiger partial charge in [0.25, 0.3) is 5.24 Å². The fourth-order valence-electron chi connectivity index (χ4n) is 1.29. The van der Waals surface area contributed by atoms with Crippen LogP contribution in [-0.4, -0.2) is 5.24 Å². The predicted molar refractivity (Wildman–Crippen MR) is 66.6 cm³/mol. The van der Waals surface area contributed by atoms with Crippen LogP contribution in [0.1, 0.15) is 48.0 Å². The lowest BCUT2D eigenvalue weighted by Gasteiger charge is -2.30. The molecule has 0 aliphatic carbocycles. The molecule has 0 unspecified atom stereocenters. The zero-order chi connectivity index (χ0) is 11.9. The Kier molecular flexibility index (Phi) is 8.31. The number of nitrogens with two attached hydrogens (primary N) is 1. The van der Waals surface area contributed by atoms with Gasteiger partial charge in [-0.05, 0) is 23.7 Å². The zero-order valence-corrected chi connectivity index (χ0v) is 11.2. The van der Waals surface area contributed by atoms with Crippen LogP contribution in [0.15, 0.2) is 0 Å². The second kappa shape index (κ2) is 7.16. The third kappa shape index (κ3) is 11.8. The number of hydrogen-bond acceptors (Lipinski definition) is 1. The molecular weight excluding hydrogens is 194 g/mol. The van der Waals surface area contributed by atoms with Crippen LogP contribution in [0.25, 0.3) is 0 Å². The van der Waals surface area contributed by atoms with Gasteiger partial charge in [0.1, 0.15) is 0 Å². The van der Waals surface area contributed by atoms with E-state index in [4.69, 9.17) is 4.79 Å². The summed E-state index contributed by atoms with van der Waals surface area (Å²) in [6.07, 6.45) is 1.34. The van der Waals surface area contributed by atoms with E-state index in [-0.39, 0.29) is 0 Å². The molecular formula is C11H25NOS. The minimum absolute atomic E-state index is 0.522. The molecule has 2 N–H and O–H groups in total. The molecule has 0 aromatic rings. The van der Waals surface area contributed by atoms with Crippen LogP contribution in [0.5, 0.6) is 0 Å². The number of thiol groups is 1. The molecule has 0 aliphatic heterocycles. The van der Waals surface area contributed by atoms with Crippen molar-refractivity contribution in [3.05, 3.63) is 0 Å². The maximum Gasteiger partial charge on any atom is 0.273 e. The Labute approximate surface area is 94.1 Å². The number of amides is 1. The molecule has 86 valence electrons. The molecule has 0 aliphatic rings. The number of hydrogen-bond donors (Lipinski definition) is 2. The highest BCUT2D eigenvalue weighted by Gasteiger charge is 2.22. The lowest BCUT2D eigenvalue weighted by atomic mass is 9.75. The number of primary amides is 1. The quantitative estimate of drug-likeness (QED) is 0.698. The smallest absolute Gasteiger partial charge is 0.273 e. The molecule has 0 rings (SSSR count). The largest absolute Gasteiger partial charge is 0.361 e.